The molecule has 3 amide bonds. The number of carbonyl (C=O) groups is 3. The van der Waals surface area contributed by atoms with Crippen LogP contribution in [-0.2, 0) is 19.2 Å². The smallest absolute Gasteiger partial charge is 0.254 e. The third-order valence-electron chi connectivity index (χ3n) is 6.06. The predicted molar refractivity (Wildman–Crippen MR) is 135 cm³/mol. The largest absolute Gasteiger partial charge is 0.394 e. The van der Waals surface area contributed by atoms with Crippen LogP contribution in [-0.4, -0.2) is 86.8 Å². The first-order valence-corrected chi connectivity index (χ1v) is 13.4. The molecule has 10 heteroatoms. The first-order valence-electron chi connectivity index (χ1n) is 13.4. The molecule has 0 saturated heterocycles. The van der Waals surface area contributed by atoms with Gasteiger partial charge in [0.1, 0.15) is 12.1 Å². The van der Waals surface area contributed by atoms with Crippen molar-refractivity contribution in [3.63, 3.8) is 0 Å². The van der Waals surface area contributed by atoms with E-state index in [2.05, 4.69) is 19.2 Å². The fraction of sp³-hybridized carbons (Fsp3) is 0.846. The number of rotatable bonds is 22. The molecule has 0 heterocycles. The van der Waals surface area contributed by atoms with E-state index in [0.29, 0.717) is 24.2 Å². The van der Waals surface area contributed by atoms with Crippen molar-refractivity contribution in [1.29, 1.82) is 0 Å². The molecule has 0 aliphatic heterocycles. The Morgan fingerprint density at radius 2 is 1.28 bits per heavy atom. The molecule has 5 N–H and O–H groups in total. The summed E-state index contributed by atoms with van der Waals surface area (Å²) >= 11 is 0. The van der Waals surface area contributed by atoms with E-state index in [0.717, 1.165) is 57.8 Å². The summed E-state index contributed by atoms with van der Waals surface area (Å²) < 4.78 is 0. The lowest BCUT2D eigenvalue weighted by Crippen LogP contribution is -2.57. The van der Waals surface area contributed by atoms with Crippen molar-refractivity contribution in [3.05, 3.63) is 0 Å². The van der Waals surface area contributed by atoms with Crippen molar-refractivity contribution in [1.82, 2.24) is 10.2 Å². The highest BCUT2D eigenvalue weighted by atomic mass is 16.3. The molecule has 1 radical (unpaired) electrons. The van der Waals surface area contributed by atoms with Crippen LogP contribution in [0.3, 0.4) is 0 Å². The summed E-state index contributed by atoms with van der Waals surface area (Å²) in [6.07, 6.45) is 9.18. The molecular formula is C26H47N2O8. The van der Waals surface area contributed by atoms with Gasteiger partial charge >= 0.3 is 0 Å². The lowest BCUT2D eigenvalue weighted by molar-refractivity contribution is -0.151. The average molecular weight is 516 g/mol. The lowest BCUT2D eigenvalue weighted by atomic mass is 10.0. The Balaban J connectivity index is 5.02. The van der Waals surface area contributed by atoms with Crippen LogP contribution in [0.25, 0.3) is 0 Å². The molecule has 2 unspecified atom stereocenters. The normalized spacial score (nSPS) is 14.5. The predicted octanol–water partition coefficient (Wildman–Crippen LogP) is 1.51. The van der Waals surface area contributed by atoms with Gasteiger partial charge in [0.05, 0.1) is 38.3 Å². The van der Waals surface area contributed by atoms with Gasteiger partial charge in [-0.05, 0) is 12.8 Å². The molecule has 0 rings (SSSR count). The van der Waals surface area contributed by atoms with E-state index in [4.69, 9.17) is 0 Å². The van der Waals surface area contributed by atoms with E-state index < -0.39 is 61.6 Å². The summed E-state index contributed by atoms with van der Waals surface area (Å²) in [5.74, 6) is -2.70. The zero-order valence-corrected chi connectivity index (χ0v) is 22.0. The number of carbonyl (C=O) groups excluding carboxylic acids is 4. The molecule has 0 aromatic rings. The summed E-state index contributed by atoms with van der Waals surface area (Å²) in [5, 5.41) is 41.8. The van der Waals surface area contributed by atoms with Crippen molar-refractivity contribution < 1.29 is 39.6 Å². The molecule has 10 nitrogen and oxygen atoms in total. The van der Waals surface area contributed by atoms with Crippen LogP contribution in [0.4, 0.5) is 0 Å². The Morgan fingerprint density at radius 1 is 0.778 bits per heavy atom. The van der Waals surface area contributed by atoms with Crippen LogP contribution in [0.2, 0.25) is 0 Å². The van der Waals surface area contributed by atoms with E-state index in [1.54, 1.807) is 0 Å². The fourth-order valence-electron chi connectivity index (χ4n) is 3.91. The Labute approximate surface area is 215 Å². The van der Waals surface area contributed by atoms with E-state index >= 15 is 0 Å². The van der Waals surface area contributed by atoms with Gasteiger partial charge in [-0.3, -0.25) is 24.1 Å². The van der Waals surface area contributed by atoms with E-state index in [-0.39, 0.29) is 6.42 Å². The summed E-state index contributed by atoms with van der Waals surface area (Å²) in [7, 11) is 0. The number of unbranched alkanes of at least 4 members (excludes halogenated alkanes) is 8. The summed E-state index contributed by atoms with van der Waals surface area (Å²) in [6, 6.07) is -3.20. The van der Waals surface area contributed by atoms with Crippen molar-refractivity contribution in [2.45, 2.75) is 128 Å². The molecule has 0 spiro atoms. The zero-order chi connectivity index (χ0) is 27.3. The highest BCUT2D eigenvalue weighted by molar-refractivity contribution is 6.01. The first kappa shape index (κ1) is 34.1. The van der Waals surface area contributed by atoms with Crippen LogP contribution in [0.15, 0.2) is 0 Å². The molecule has 0 bridgehead atoms. The number of nitrogens with zero attached hydrogens (tertiary/aromatic N) is 1. The van der Waals surface area contributed by atoms with Gasteiger partial charge < -0.3 is 25.7 Å². The number of hydrogen-bond acceptors (Lipinski definition) is 8. The molecule has 36 heavy (non-hydrogen) atoms. The average Bonchev–Trinajstić information content (AvgIpc) is 2.84. The first-order chi connectivity index (χ1) is 17.2. The third-order valence-corrected chi connectivity index (χ3v) is 6.06. The molecule has 0 fully saturated rings. The van der Waals surface area contributed by atoms with Gasteiger partial charge in [-0.15, -0.1) is 0 Å². The van der Waals surface area contributed by atoms with Gasteiger partial charge in [0.25, 0.3) is 5.91 Å². The van der Waals surface area contributed by atoms with Crippen LogP contribution >= 0.6 is 0 Å². The van der Waals surface area contributed by atoms with Gasteiger partial charge in [-0.25, -0.2) is 0 Å². The number of aliphatic hydroxyl groups is 4. The highest BCUT2D eigenvalue weighted by Crippen LogP contribution is 2.13. The minimum Gasteiger partial charge on any atom is -0.394 e. The van der Waals surface area contributed by atoms with Gasteiger partial charge in [0, 0.05) is 0 Å². The van der Waals surface area contributed by atoms with E-state index in [1.165, 1.54) is 6.29 Å². The fourth-order valence-corrected chi connectivity index (χ4v) is 3.91. The second-order valence-corrected chi connectivity index (χ2v) is 9.34. The monoisotopic (exact) mass is 515 g/mol. The molecule has 4 atom stereocenters. The second-order valence-electron chi connectivity index (χ2n) is 9.34. The molecule has 0 aromatic carbocycles. The maximum absolute atomic E-state index is 13.0. The summed E-state index contributed by atoms with van der Waals surface area (Å²) in [6.45, 7) is 2.43. The van der Waals surface area contributed by atoms with Gasteiger partial charge in [-0.1, -0.05) is 78.1 Å². The summed E-state index contributed by atoms with van der Waals surface area (Å²) in [5.41, 5.74) is 0. The quantitative estimate of drug-likeness (QED) is 0.135. The van der Waals surface area contributed by atoms with E-state index in [1.807, 2.05) is 0 Å². The SMILES string of the molecule is CCCCCCCC(O)CC(=O)N[C@@H](CO)C(=O)N(C(=O)CC(O)CCCCCCC)[C@H]([C]=O)CO. The Morgan fingerprint density at radius 3 is 1.72 bits per heavy atom. The second kappa shape index (κ2) is 21.2. The lowest BCUT2D eigenvalue weighted by Gasteiger charge is -2.29. The van der Waals surface area contributed by atoms with Gasteiger partial charge in [0.2, 0.25) is 18.1 Å². The van der Waals surface area contributed by atoms with E-state index in [9.17, 15) is 39.6 Å². The summed E-state index contributed by atoms with van der Waals surface area (Å²) in [4.78, 5) is 49.9. The van der Waals surface area contributed by atoms with Crippen molar-refractivity contribution in [3.8, 4) is 0 Å². The molecule has 0 saturated carbocycles. The van der Waals surface area contributed by atoms with Crippen molar-refractivity contribution >= 4 is 24.0 Å². The Kier molecular flexibility index (Phi) is 20.1. The minimum absolute atomic E-state index is 0.286. The van der Waals surface area contributed by atoms with Crippen LogP contribution < -0.4 is 5.32 Å². The zero-order valence-electron chi connectivity index (χ0n) is 22.0. The highest BCUT2D eigenvalue weighted by Gasteiger charge is 2.36. The van der Waals surface area contributed by atoms with Crippen LogP contribution in [0.1, 0.15) is 104 Å². The van der Waals surface area contributed by atoms with Crippen molar-refractivity contribution in [2.75, 3.05) is 13.2 Å². The van der Waals surface area contributed by atoms with Crippen LogP contribution in [0, 0.1) is 0 Å². The molecule has 0 aliphatic carbocycles. The standard InChI is InChI=1S/C26H47N2O8/c1-3-5-7-9-11-13-21(32)15-24(34)27-23(19-31)26(36)28(20(17-29)18-30)25(35)16-22(33)14-12-10-8-6-4-2/h20-23,29,31-33H,3-17,19H2,1-2H3,(H,27,34)/t20-,21?,22?,23-/m0/s1. The van der Waals surface area contributed by atoms with Crippen LogP contribution in [0.5, 0.6) is 0 Å². The van der Waals surface area contributed by atoms with Crippen molar-refractivity contribution in [2.24, 2.45) is 0 Å². The molecular weight excluding hydrogens is 468 g/mol. The number of amides is 3. The maximum atomic E-state index is 13.0. The Hall–Kier alpha value is -1.88. The van der Waals surface area contributed by atoms with Gasteiger partial charge in [0.15, 0.2) is 0 Å². The third kappa shape index (κ3) is 14.6. The maximum Gasteiger partial charge on any atom is 0.254 e. The molecule has 0 aliphatic rings. The number of nitrogens with one attached hydrogen (secondary N) is 1. The number of aliphatic hydroxyl groups excluding tert-OH is 4. The Bertz CT molecular complexity index is 631. The molecule has 0 aromatic heterocycles. The van der Waals surface area contributed by atoms with Gasteiger partial charge in [-0.2, -0.15) is 0 Å². The minimum atomic E-state index is -1.64. The topological polar surface area (TPSA) is 164 Å². The molecule has 209 valence electrons. The number of imide groups is 1. The number of hydrogen-bond donors (Lipinski definition) is 5.